The lowest BCUT2D eigenvalue weighted by Gasteiger charge is -2.10. The van der Waals surface area contributed by atoms with Gasteiger partial charge in [0.15, 0.2) is 0 Å². The molecular weight excluding hydrogens is 400 g/mol. The zero-order valence-electron chi connectivity index (χ0n) is 17.2. The van der Waals surface area contributed by atoms with Crippen molar-refractivity contribution >= 4 is 26.9 Å². The van der Waals surface area contributed by atoms with Crippen LogP contribution in [-0.4, -0.2) is 27.4 Å². The Morgan fingerprint density at radius 1 is 1.07 bits per heavy atom. The number of fused-ring (bicyclic) bond motifs is 2. The zero-order chi connectivity index (χ0) is 21.3. The molecule has 2 aromatic carbocycles. The number of aryl methyl sites for hydroxylation is 4. The minimum absolute atomic E-state index is 0.126. The lowest BCUT2D eigenvalue weighted by atomic mass is 10.0. The molecule has 1 aromatic heterocycles. The van der Waals surface area contributed by atoms with Crippen LogP contribution in [0.4, 0.5) is 0 Å². The third-order valence-electron chi connectivity index (χ3n) is 5.59. The molecule has 0 saturated heterocycles. The molecule has 6 nitrogen and oxygen atoms in total. The smallest absolute Gasteiger partial charge is 0.240 e. The van der Waals surface area contributed by atoms with Crippen LogP contribution in [-0.2, 0) is 34.1 Å². The summed E-state index contributed by atoms with van der Waals surface area (Å²) in [7, 11) is -3.61. The molecule has 0 fully saturated rings. The summed E-state index contributed by atoms with van der Waals surface area (Å²) in [5.74, 6) is -0.163. The van der Waals surface area contributed by atoms with Gasteiger partial charge < -0.3 is 9.73 Å². The van der Waals surface area contributed by atoms with E-state index >= 15 is 0 Å². The molecule has 1 amide bonds. The second kappa shape index (κ2) is 8.24. The molecule has 0 unspecified atom stereocenters. The molecule has 158 valence electrons. The molecule has 4 rings (SSSR count). The van der Waals surface area contributed by atoms with Crippen LogP contribution >= 0.6 is 0 Å². The van der Waals surface area contributed by atoms with E-state index < -0.39 is 10.0 Å². The lowest BCUT2D eigenvalue weighted by molar-refractivity contribution is -0.120. The molecule has 1 aliphatic rings. The molecule has 0 bridgehead atoms. The van der Waals surface area contributed by atoms with Gasteiger partial charge in [0.2, 0.25) is 15.9 Å². The third kappa shape index (κ3) is 4.27. The van der Waals surface area contributed by atoms with E-state index in [0.29, 0.717) is 5.56 Å². The van der Waals surface area contributed by atoms with Crippen LogP contribution in [0.5, 0.6) is 0 Å². The Kier molecular flexibility index (Phi) is 5.66. The molecule has 0 spiro atoms. The number of furan rings is 1. The minimum atomic E-state index is -3.61. The van der Waals surface area contributed by atoms with Crippen molar-refractivity contribution in [2.24, 2.45) is 0 Å². The van der Waals surface area contributed by atoms with Gasteiger partial charge in [-0.1, -0.05) is 12.1 Å². The van der Waals surface area contributed by atoms with Gasteiger partial charge in [-0.2, -0.15) is 0 Å². The van der Waals surface area contributed by atoms with Crippen molar-refractivity contribution in [3.05, 3.63) is 64.4 Å². The fourth-order valence-corrected chi connectivity index (χ4v) is 5.34. The van der Waals surface area contributed by atoms with Crippen LogP contribution in [0.1, 0.15) is 34.2 Å². The molecular formula is C23H26N2O4S. The molecule has 0 saturated carbocycles. The lowest BCUT2D eigenvalue weighted by Crippen LogP contribution is -2.35. The van der Waals surface area contributed by atoms with Crippen molar-refractivity contribution in [2.75, 3.05) is 13.1 Å². The summed E-state index contributed by atoms with van der Waals surface area (Å²) in [5, 5.41) is 3.77. The van der Waals surface area contributed by atoms with Crippen molar-refractivity contribution in [1.82, 2.24) is 10.0 Å². The molecule has 0 aliphatic heterocycles. The number of carbonyl (C=O) groups is 1. The average molecular weight is 427 g/mol. The molecule has 1 heterocycles. The first-order valence-corrected chi connectivity index (χ1v) is 11.7. The van der Waals surface area contributed by atoms with Gasteiger partial charge in [-0.05, 0) is 73.6 Å². The highest BCUT2D eigenvalue weighted by Crippen LogP contribution is 2.30. The highest BCUT2D eigenvalue weighted by molar-refractivity contribution is 7.89. The fraction of sp³-hybridized carbons (Fsp3) is 0.348. The molecule has 0 atom stereocenters. The van der Waals surface area contributed by atoms with Crippen LogP contribution in [0.25, 0.3) is 11.0 Å². The first-order chi connectivity index (χ1) is 14.3. The topological polar surface area (TPSA) is 88.4 Å². The van der Waals surface area contributed by atoms with Crippen LogP contribution in [0, 0.1) is 13.8 Å². The summed E-state index contributed by atoms with van der Waals surface area (Å²) in [4.78, 5) is 12.6. The maximum absolute atomic E-state index is 12.5. The third-order valence-corrected chi connectivity index (χ3v) is 7.19. The van der Waals surface area contributed by atoms with Crippen LogP contribution < -0.4 is 10.0 Å². The van der Waals surface area contributed by atoms with E-state index in [0.717, 1.165) is 41.4 Å². The predicted octanol–water partition coefficient (Wildman–Crippen LogP) is 3.18. The molecule has 7 heteroatoms. The first-order valence-electron chi connectivity index (χ1n) is 10.2. The molecule has 1 aliphatic carbocycles. The Morgan fingerprint density at radius 2 is 1.83 bits per heavy atom. The van der Waals surface area contributed by atoms with Crippen molar-refractivity contribution in [1.29, 1.82) is 0 Å². The van der Waals surface area contributed by atoms with Gasteiger partial charge in [0, 0.05) is 24.0 Å². The average Bonchev–Trinajstić information content (AvgIpc) is 3.32. The number of hydrogen-bond donors (Lipinski definition) is 2. The number of hydrogen-bond acceptors (Lipinski definition) is 4. The van der Waals surface area contributed by atoms with Crippen LogP contribution in [0.3, 0.4) is 0 Å². The molecule has 3 aromatic rings. The molecule has 2 N–H and O–H groups in total. The predicted molar refractivity (Wildman–Crippen MR) is 116 cm³/mol. The second-order valence-electron chi connectivity index (χ2n) is 7.93. The number of sulfonamides is 1. The van der Waals surface area contributed by atoms with Gasteiger partial charge in [0.05, 0.1) is 17.6 Å². The summed E-state index contributed by atoms with van der Waals surface area (Å²) < 4.78 is 33.2. The van der Waals surface area contributed by atoms with E-state index in [9.17, 15) is 13.2 Å². The van der Waals surface area contributed by atoms with E-state index in [4.69, 9.17) is 4.42 Å². The monoisotopic (exact) mass is 426 g/mol. The highest BCUT2D eigenvalue weighted by atomic mass is 32.2. The number of nitrogens with one attached hydrogen (secondary N) is 2. The Balaban J connectivity index is 1.32. The summed E-state index contributed by atoms with van der Waals surface area (Å²) in [5.41, 5.74) is 5.92. The summed E-state index contributed by atoms with van der Waals surface area (Å²) in [6.07, 6.45) is 5.16. The maximum Gasteiger partial charge on any atom is 0.240 e. The number of benzene rings is 2. The largest absolute Gasteiger partial charge is 0.464 e. The minimum Gasteiger partial charge on any atom is -0.464 e. The molecule has 30 heavy (non-hydrogen) atoms. The van der Waals surface area contributed by atoms with Gasteiger partial charge in [-0.3, -0.25) is 4.79 Å². The summed E-state index contributed by atoms with van der Waals surface area (Å²) >= 11 is 0. The van der Waals surface area contributed by atoms with Crippen LogP contribution in [0.15, 0.2) is 45.9 Å². The standard InChI is InChI=1S/C23H26N2O4S/c1-15-6-7-16(2)22(10-15)30(27,28)25-9-8-24-23(26)13-19-14-29-21-12-18-5-3-4-17(18)11-20(19)21/h6-7,10-12,14,25H,3-5,8-9,13H2,1-2H3,(H,24,26). The maximum atomic E-state index is 12.5. The Bertz CT molecular complexity index is 1210. The van der Waals surface area contributed by atoms with Gasteiger partial charge >= 0.3 is 0 Å². The quantitative estimate of drug-likeness (QED) is 0.568. The van der Waals surface area contributed by atoms with Gasteiger partial charge in [-0.25, -0.2) is 13.1 Å². The van der Waals surface area contributed by atoms with Crippen LogP contribution in [0.2, 0.25) is 0 Å². The van der Waals surface area contributed by atoms with Gasteiger partial charge in [-0.15, -0.1) is 0 Å². The first kappa shape index (κ1) is 20.6. The van der Waals surface area contributed by atoms with Crippen molar-refractivity contribution in [2.45, 2.75) is 44.4 Å². The van der Waals surface area contributed by atoms with E-state index in [-0.39, 0.29) is 30.3 Å². The SMILES string of the molecule is Cc1ccc(C)c(S(=O)(=O)NCCNC(=O)Cc2coc3cc4c(cc23)CCC4)c1. The fourth-order valence-electron chi connectivity index (χ4n) is 3.98. The number of carbonyl (C=O) groups excluding carboxylic acids is 1. The van der Waals surface area contributed by atoms with E-state index in [1.165, 1.54) is 11.1 Å². The van der Waals surface area contributed by atoms with Crippen molar-refractivity contribution in [3.8, 4) is 0 Å². The highest BCUT2D eigenvalue weighted by Gasteiger charge is 2.18. The summed E-state index contributed by atoms with van der Waals surface area (Å²) in [6, 6.07) is 9.54. The second-order valence-corrected chi connectivity index (χ2v) is 9.66. The number of rotatable bonds is 7. The van der Waals surface area contributed by atoms with E-state index in [2.05, 4.69) is 22.2 Å². The van der Waals surface area contributed by atoms with Crippen molar-refractivity contribution < 1.29 is 17.6 Å². The summed E-state index contributed by atoms with van der Waals surface area (Å²) in [6.45, 7) is 3.96. The van der Waals surface area contributed by atoms with Crippen molar-refractivity contribution in [3.63, 3.8) is 0 Å². The Labute approximate surface area is 176 Å². The zero-order valence-corrected chi connectivity index (χ0v) is 18.1. The Hall–Kier alpha value is -2.64. The van der Waals surface area contributed by atoms with E-state index in [1.54, 1.807) is 25.3 Å². The number of amides is 1. The molecule has 0 radical (unpaired) electrons. The normalized spacial score (nSPS) is 13.5. The Morgan fingerprint density at radius 3 is 2.63 bits per heavy atom. The van der Waals surface area contributed by atoms with Gasteiger partial charge in [0.1, 0.15) is 5.58 Å². The van der Waals surface area contributed by atoms with E-state index in [1.807, 2.05) is 13.0 Å². The van der Waals surface area contributed by atoms with Gasteiger partial charge in [0.25, 0.3) is 0 Å².